The quantitative estimate of drug-likeness (QED) is 0.245. The zero-order valence-corrected chi connectivity index (χ0v) is 12.7. The fourth-order valence-electron chi connectivity index (χ4n) is 3.02. The molecule has 3 aromatic carbocycles. The number of hydrogen-bond acceptors (Lipinski definition) is 5. The van der Waals surface area contributed by atoms with Crippen LogP contribution in [0.2, 0.25) is 0 Å². The van der Waals surface area contributed by atoms with E-state index in [9.17, 15) is 20.4 Å². The average molecular weight is 320 g/mol. The molecular weight excluding hydrogens is 307 g/mol. The van der Waals surface area contributed by atoms with Gasteiger partial charge in [-0.05, 0) is 6.07 Å². The van der Waals surface area contributed by atoms with Crippen molar-refractivity contribution in [2.45, 2.75) is 0 Å². The minimum absolute atomic E-state index is 0.00512. The Morgan fingerprint density at radius 2 is 1.33 bits per heavy atom. The van der Waals surface area contributed by atoms with E-state index in [2.05, 4.69) is 0 Å². The standard InChI is InChI=1S/C18H13BO5/c19-13-16(22)14(20)12(15(21)17(13)23)10-6-3-5-9-8-4-1-2-7-11(8)24-18(9)10/h1-7,20-23H,19H2. The van der Waals surface area contributed by atoms with Crippen LogP contribution in [0.5, 0.6) is 23.0 Å². The lowest BCUT2D eigenvalue weighted by molar-refractivity contribution is 0.380. The summed E-state index contributed by atoms with van der Waals surface area (Å²) in [6.07, 6.45) is 0. The Balaban J connectivity index is 2.16. The fourth-order valence-corrected chi connectivity index (χ4v) is 3.02. The SMILES string of the molecule is Bc1c(O)c(O)c(-c2cccc3c2oc2ccccc23)c(O)c1O. The number of phenolic OH excluding ortho intramolecular Hbond substituents is 4. The van der Waals surface area contributed by atoms with E-state index in [0.29, 0.717) is 16.7 Å². The van der Waals surface area contributed by atoms with Gasteiger partial charge in [0.15, 0.2) is 23.0 Å². The second kappa shape index (κ2) is 4.86. The van der Waals surface area contributed by atoms with Crippen LogP contribution in [0.15, 0.2) is 46.9 Å². The van der Waals surface area contributed by atoms with Gasteiger partial charge in [-0.1, -0.05) is 36.4 Å². The fraction of sp³-hybridized carbons (Fsp3) is 0. The number of hydrogen-bond donors (Lipinski definition) is 4. The van der Waals surface area contributed by atoms with Gasteiger partial charge in [0.1, 0.15) is 19.0 Å². The van der Waals surface area contributed by atoms with Crippen LogP contribution in [0.4, 0.5) is 0 Å². The van der Waals surface area contributed by atoms with Crippen LogP contribution in [0.25, 0.3) is 33.1 Å². The summed E-state index contributed by atoms with van der Waals surface area (Å²) < 4.78 is 5.87. The predicted octanol–water partition coefficient (Wildman–Crippen LogP) is 2.33. The van der Waals surface area contributed by atoms with Crippen molar-refractivity contribution in [1.29, 1.82) is 0 Å². The summed E-state index contributed by atoms with van der Waals surface area (Å²) in [7, 11) is 1.40. The lowest BCUT2D eigenvalue weighted by Crippen LogP contribution is -2.05. The highest BCUT2D eigenvalue weighted by Gasteiger charge is 2.24. The van der Waals surface area contributed by atoms with E-state index in [1.807, 2.05) is 30.3 Å². The van der Waals surface area contributed by atoms with Crippen molar-refractivity contribution in [2.75, 3.05) is 0 Å². The molecule has 4 N–H and O–H groups in total. The normalized spacial score (nSPS) is 11.3. The van der Waals surface area contributed by atoms with Gasteiger partial charge < -0.3 is 24.8 Å². The zero-order valence-electron chi connectivity index (χ0n) is 12.7. The molecule has 6 heteroatoms. The van der Waals surface area contributed by atoms with Gasteiger partial charge in [0.05, 0.1) is 5.56 Å². The number of fused-ring (bicyclic) bond motifs is 3. The first-order valence-corrected chi connectivity index (χ1v) is 7.37. The molecule has 0 spiro atoms. The van der Waals surface area contributed by atoms with Gasteiger partial charge in [-0.25, -0.2) is 0 Å². The van der Waals surface area contributed by atoms with Gasteiger partial charge in [-0.15, -0.1) is 0 Å². The molecule has 1 heterocycles. The number of furan rings is 1. The average Bonchev–Trinajstić information content (AvgIpc) is 2.98. The third kappa shape index (κ3) is 1.77. The monoisotopic (exact) mass is 320 g/mol. The topological polar surface area (TPSA) is 94.1 Å². The molecule has 0 aliphatic heterocycles. The first-order chi connectivity index (χ1) is 11.5. The molecule has 4 aromatic rings. The molecule has 0 atom stereocenters. The smallest absolute Gasteiger partial charge is 0.169 e. The molecule has 1 aromatic heterocycles. The van der Waals surface area contributed by atoms with Gasteiger partial charge in [-0.3, -0.25) is 0 Å². The lowest BCUT2D eigenvalue weighted by Gasteiger charge is -2.13. The molecular formula is C18H13BO5. The Morgan fingerprint density at radius 1 is 0.708 bits per heavy atom. The molecule has 0 aliphatic carbocycles. The third-order valence-electron chi connectivity index (χ3n) is 4.31. The summed E-state index contributed by atoms with van der Waals surface area (Å²) >= 11 is 0. The van der Waals surface area contributed by atoms with E-state index in [0.717, 1.165) is 10.8 Å². The largest absolute Gasteiger partial charge is 0.505 e. The summed E-state index contributed by atoms with van der Waals surface area (Å²) in [5, 5.41) is 42.3. The predicted molar refractivity (Wildman–Crippen MR) is 94.0 cm³/mol. The minimum Gasteiger partial charge on any atom is -0.505 e. The van der Waals surface area contributed by atoms with Gasteiger partial charge >= 0.3 is 0 Å². The zero-order chi connectivity index (χ0) is 17.0. The van der Waals surface area contributed by atoms with Crippen LogP contribution >= 0.6 is 0 Å². The lowest BCUT2D eigenvalue weighted by atomic mass is 9.89. The van der Waals surface area contributed by atoms with E-state index in [4.69, 9.17) is 4.42 Å². The maximum Gasteiger partial charge on any atom is 0.169 e. The molecule has 4 rings (SSSR count). The van der Waals surface area contributed by atoms with Gasteiger partial charge in [0.25, 0.3) is 0 Å². The van der Waals surface area contributed by atoms with Crippen LogP contribution in [0, 0.1) is 0 Å². The van der Waals surface area contributed by atoms with Crippen LogP contribution in [0.1, 0.15) is 0 Å². The summed E-state index contributed by atoms with van der Waals surface area (Å²) in [5.74, 6) is -1.96. The number of phenols is 4. The minimum atomic E-state index is -0.504. The Hall–Kier alpha value is -3.28. The maximum absolute atomic E-state index is 10.3. The Bertz CT molecular complexity index is 1080. The molecule has 5 nitrogen and oxygen atoms in total. The second-order valence-electron chi connectivity index (χ2n) is 5.67. The van der Waals surface area contributed by atoms with Crippen molar-refractivity contribution in [3.63, 3.8) is 0 Å². The Kier molecular flexibility index (Phi) is 2.90. The highest BCUT2D eigenvalue weighted by atomic mass is 16.3. The molecule has 0 saturated heterocycles. The molecule has 24 heavy (non-hydrogen) atoms. The first-order valence-electron chi connectivity index (χ1n) is 7.37. The molecule has 0 aliphatic rings. The summed E-state index contributed by atoms with van der Waals surface area (Å²) in [5.41, 5.74) is 1.43. The van der Waals surface area contributed by atoms with Crippen molar-refractivity contribution < 1.29 is 24.8 Å². The molecule has 0 saturated carbocycles. The molecule has 118 valence electrons. The molecule has 0 fully saturated rings. The highest BCUT2D eigenvalue weighted by molar-refractivity contribution is 6.37. The summed E-state index contributed by atoms with van der Waals surface area (Å²) in [6, 6.07) is 12.7. The first kappa shape index (κ1) is 14.3. The van der Waals surface area contributed by atoms with Gasteiger partial charge in [0, 0.05) is 21.8 Å². The molecule has 0 unspecified atom stereocenters. The maximum atomic E-state index is 10.3. The van der Waals surface area contributed by atoms with Crippen molar-refractivity contribution in [3.8, 4) is 34.1 Å². The number of rotatable bonds is 1. The van der Waals surface area contributed by atoms with Crippen LogP contribution < -0.4 is 5.46 Å². The highest BCUT2D eigenvalue weighted by Crippen LogP contribution is 2.49. The van der Waals surface area contributed by atoms with E-state index in [-0.39, 0.29) is 11.0 Å². The van der Waals surface area contributed by atoms with Crippen LogP contribution in [-0.2, 0) is 0 Å². The number of benzene rings is 3. The Morgan fingerprint density at radius 3 is 2.04 bits per heavy atom. The van der Waals surface area contributed by atoms with E-state index < -0.39 is 23.0 Å². The van der Waals surface area contributed by atoms with Crippen molar-refractivity contribution in [1.82, 2.24) is 0 Å². The Labute approximate surface area is 137 Å². The summed E-state index contributed by atoms with van der Waals surface area (Å²) in [4.78, 5) is 0. The van der Waals surface area contributed by atoms with Crippen molar-refractivity contribution in [2.24, 2.45) is 0 Å². The van der Waals surface area contributed by atoms with E-state index in [1.54, 1.807) is 12.1 Å². The molecule has 0 radical (unpaired) electrons. The number of para-hydroxylation sites is 2. The summed E-state index contributed by atoms with van der Waals surface area (Å²) in [6.45, 7) is 0. The van der Waals surface area contributed by atoms with Crippen LogP contribution in [0.3, 0.4) is 0 Å². The molecule has 0 bridgehead atoms. The van der Waals surface area contributed by atoms with Crippen molar-refractivity contribution >= 4 is 35.2 Å². The van der Waals surface area contributed by atoms with Crippen LogP contribution in [-0.4, -0.2) is 28.3 Å². The van der Waals surface area contributed by atoms with E-state index in [1.165, 1.54) is 7.85 Å². The second-order valence-corrected chi connectivity index (χ2v) is 5.67. The van der Waals surface area contributed by atoms with Gasteiger partial charge in [-0.2, -0.15) is 0 Å². The molecule has 0 amide bonds. The van der Waals surface area contributed by atoms with E-state index >= 15 is 0 Å². The third-order valence-corrected chi connectivity index (χ3v) is 4.31. The number of aromatic hydroxyl groups is 4. The van der Waals surface area contributed by atoms with Crippen molar-refractivity contribution in [3.05, 3.63) is 42.5 Å². The van der Waals surface area contributed by atoms with Gasteiger partial charge in [0.2, 0.25) is 0 Å².